The number of phenolic OH excluding ortho intramolecular Hbond substituents is 1. The van der Waals surface area contributed by atoms with Crippen LogP contribution >= 0.6 is 0 Å². The number of carbonyl (C=O) groups excluding carboxylic acids is 2. The second-order valence-corrected chi connectivity index (χ2v) is 7.25. The Balaban J connectivity index is 1.87. The van der Waals surface area contributed by atoms with Gasteiger partial charge in [-0.05, 0) is 56.2 Å². The van der Waals surface area contributed by atoms with E-state index in [2.05, 4.69) is 15.4 Å². The van der Waals surface area contributed by atoms with Crippen LogP contribution in [0.4, 0.5) is 10.5 Å². The normalized spacial score (nSPS) is 10.9. The highest BCUT2D eigenvalue weighted by Crippen LogP contribution is 2.20. The maximum absolute atomic E-state index is 11.7. The topological polar surface area (TPSA) is 96.9 Å². The highest BCUT2D eigenvalue weighted by atomic mass is 16.6. The van der Waals surface area contributed by atoms with Gasteiger partial charge >= 0.3 is 12.1 Å². The summed E-state index contributed by atoms with van der Waals surface area (Å²) in [5.74, 6) is -0.692. The van der Waals surface area contributed by atoms with Crippen LogP contribution in [0.3, 0.4) is 0 Å². The molecule has 0 aliphatic rings. The molecular weight excluding hydrogens is 360 g/mol. The first kappa shape index (κ1) is 21.1. The van der Waals surface area contributed by atoms with Gasteiger partial charge in [-0.15, -0.1) is 0 Å². The highest BCUT2D eigenvalue weighted by molar-refractivity contribution is 5.92. The van der Waals surface area contributed by atoms with Gasteiger partial charge in [0.15, 0.2) is 0 Å². The minimum absolute atomic E-state index is 0.116. The van der Waals surface area contributed by atoms with Crippen LogP contribution in [0.5, 0.6) is 5.75 Å². The summed E-state index contributed by atoms with van der Waals surface area (Å²) in [5, 5.41) is 15.9. The van der Waals surface area contributed by atoms with Gasteiger partial charge in [-0.25, -0.2) is 9.59 Å². The molecule has 0 spiro atoms. The number of esters is 1. The molecule has 0 aromatic heterocycles. The van der Waals surface area contributed by atoms with Crippen molar-refractivity contribution in [1.82, 2.24) is 5.32 Å². The van der Waals surface area contributed by atoms with Crippen LogP contribution in [0.25, 0.3) is 0 Å². The molecule has 0 aliphatic heterocycles. The zero-order valence-corrected chi connectivity index (χ0v) is 16.5. The molecule has 2 aromatic carbocycles. The molecule has 7 nitrogen and oxygen atoms in total. The predicted molar refractivity (Wildman–Crippen MR) is 106 cm³/mol. The quantitative estimate of drug-likeness (QED) is 0.653. The lowest BCUT2D eigenvalue weighted by Gasteiger charge is -2.19. The van der Waals surface area contributed by atoms with Crippen molar-refractivity contribution in [3.05, 3.63) is 59.2 Å². The summed E-state index contributed by atoms with van der Waals surface area (Å²) in [6.07, 6.45) is -0.454. The van der Waals surface area contributed by atoms with Crippen LogP contribution in [0.2, 0.25) is 0 Å². The summed E-state index contributed by atoms with van der Waals surface area (Å²) in [6.45, 7) is 6.30. The number of aromatic hydroxyl groups is 1. The van der Waals surface area contributed by atoms with E-state index in [1.165, 1.54) is 19.2 Å². The number of carbonyl (C=O) groups is 2. The lowest BCUT2D eigenvalue weighted by molar-refractivity contribution is 0.0522. The lowest BCUT2D eigenvalue weighted by Crippen LogP contribution is -2.32. The standard InChI is InChI=1S/C21H26N2O5/c1-21(2,3)28-20(26)23-12-14-5-8-16(9-6-14)22-13-15-7-10-17(18(24)11-15)19(25)27-4/h5-11,22,24H,12-13H2,1-4H3,(H,23,26). The molecular formula is C21H26N2O5. The van der Waals surface area contributed by atoms with Crippen LogP contribution in [0, 0.1) is 0 Å². The zero-order chi connectivity index (χ0) is 20.7. The molecule has 0 aliphatic carbocycles. The number of ether oxygens (including phenoxy) is 2. The smallest absolute Gasteiger partial charge is 0.407 e. The van der Waals surface area contributed by atoms with Crippen LogP contribution in [0.15, 0.2) is 42.5 Å². The summed E-state index contributed by atoms with van der Waals surface area (Å²) in [4.78, 5) is 23.2. The van der Waals surface area contributed by atoms with E-state index >= 15 is 0 Å². The van der Waals surface area contributed by atoms with E-state index in [0.717, 1.165) is 16.8 Å². The molecule has 2 aromatic rings. The third-order valence-corrected chi connectivity index (χ3v) is 3.75. The van der Waals surface area contributed by atoms with Crippen molar-refractivity contribution >= 4 is 17.7 Å². The molecule has 150 valence electrons. The van der Waals surface area contributed by atoms with Gasteiger partial charge in [0, 0.05) is 18.8 Å². The summed E-state index contributed by atoms with van der Waals surface area (Å²) in [6, 6.07) is 12.4. The average molecular weight is 386 g/mol. The number of hydrogen-bond acceptors (Lipinski definition) is 6. The highest BCUT2D eigenvalue weighted by Gasteiger charge is 2.15. The second-order valence-electron chi connectivity index (χ2n) is 7.25. The minimum atomic E-state index is -0.576. The fraction of sp³-hybridized carbons (Fsp3) is 0.333. The van der Waals surface area contributed by atoms with Crippen molar-refractivity contribution in [2.75, 3.05) is 12.4 Å². The Kier molecular flexibility index (Phi) is 6.87. The van der Waals surface area contributed by atoms with Crippen LogP contribution in [-0.2, 0) is 22.6 Å². The van der Waals surface area contributed by atoms with Gasteiger partial charge in [-0.1, -0.05) is 18.2 Å². The van der Waals surface area contributed by atoms with E-state index in [-0.39, 0.29) is 11.3 Å². The Hall–Kier alpha value is -3.22. The maximum Gasteiger partial charge on any atom is 0.407 e. The number of alkyl carbamates (subject to hydrolysis) is 1. The Morgan fingerprint density at radius 2 is 1.64 bits per heavy atom. The molecule has 1 amide bonds. The van der Waals surface area contributed by atoms with Gasteiger partial charge in [0.05, 0.1) is 7.11 Å². The maximum atomic E-state index is 11.7. The number of benzene rings is 2. The van der Waals surface area contributed by atoms with Crippen LogP contribution < -0.4 is 10.6 Å². The van der Waals surface area contributed by atoms with E-state index in [1.54, 1.807) is 6.07 Å². The van der Waals surface area contributed by atoms with Crippen molar-refractivity contribution in [2.24, 2.45) is 0 Å². The van der Waals surface area contributed by atoms with Gasteiger partial charge in [0.25, 0.3) is 0 Å². The fourth-order valence-electron chi connectivity index (χ4n) is 2.40. The SMILES string of the molecule is COC(=O)c1ccc(CNc2ccc(CNC(=O)OC(C)(C)C)cc2)cc1O. The van der Waals surface area contributed by atoms with Crippen molar-refractivity contribution in [1.29, 1.82) is 0 Å². The predicted octanol–water partition coefficient (Wildman–Crippen LogP) is 3.82. The van der Waals surface area contributed by atoms with E-state index < -0.39 is 17.7 Å². The average Bonchev–Trinajstić information content (AvgIpc) is 2.63. The molecule has 0 bridgehead atoms. The van der Waals surface area contributed by atoms with E-state index in [9.17, 15) is 14.7 Å². The molecule has 3 N–H and O–H groups in total. The van der Waals surface area contributed by atoms with Gasteiger partial charge in [0.1, 0.15) is 16.9 Å². The van der Waals surface area contributed by atoms with Crippen LogP contribution in [-0.4, -0.2) is 29.9 Å². The van der Waals surface area contributed by atoms with Gasteiger partial charge in [-0.3, -0.25) is 0 Å². The first-order valence-electron chi connectivity index (χ1n) is 8.88. The Morgan fingerprint density at radius 3 is 2.21 bits per heavy atom. The first-order chi connectivity index (χ1) is 13.2. The molecule has 0 radical (unpaired) electrons. The monoisotopic (exact) mass is 386 g/mol. The zero-order valence-electron chi connectivity index (χ0n) is 16.5. The molecule has 2 rings (SSSR count). The number of anilines is 1. The molecule has 0 saturated heterocycles. The van der Waals surface area contributed by atoms with E-state index in [4.69, 9.17) is 4.74 Å². The van der Waals surface area contributed by atoms with Gasteiger partial charge in [0.2, 0.25) is 0 Å². The lowest BCUT2D eigenvalue weighted by atomic mass is 10.1. The number of nitrogens with one attached hydrogen (secondary N) is 2. The molecule has 0 unspecified atom stereocenters. The van der Waals surface area contributed by atoms with Gasteiger partial charge in [-0.2, -0.15) is 0 Å². The third-order valence-electron chi connectivity index (χ3n) is 3.75. The Bertz CT molecular complexity index is 826. The van der Waals surface area contributed by atoms with Crippen molar-refractivity contribution in [2.45, 2.75) is 39.5 Å². The van der Waals surface area contributed by atoms with Crippen molar-refractivity contribution in [3.63, 3.8) is 0 Å². The first-order valence-corrected chi connectivity index (χ1v) is 8.88. The number of rotatable bonds is 6. The fourth-order valence-corrected chi connectivity index (χ4v) is 2.40. The van der Waals surface area contributed by atoms with Gasteiger partial charge < -0.3 is 25.2 Å². The second kappa shape index (κ2) is 9.12. The molecule has 28 heavy (non-hydrogen) atoms. The Morgan fingerprint density at radius 1 is 1.00 bits per heavy atom. The summed E-state index contributed by atoms with van der Waals surface area (Å²) in [5.41, 5.74) is 2.25. The Labute approximate surface area is 164 Å². The van der Waals surface area contributed by atoms with Crippen molar-refractivity contribution < 1.29 is 24.2 Å². The minimum Gasteiger partial charge on any atom is -0.507 e. The molecule has 0 saturated carbocycles. The summed E-state index contributed by atoms with van der Waals surface area (Å²) in [7, 11) is 1.27. The molecule has 0 fully saturated rings. The molecule has 0 atom stereocenters. The molecule has 7 heteroatoms. The molecule has 0 heterocycles. The number of methoxy groups -OCH3 is 1. The van der Waals surface area contributed by atoms with E-state index in [1.807, 2.05) is 45.0 Å². The largest absolute Gasteiger partial charge is 0.507 e. The number of phenols is 1. The van der Waals surface area contributed by atoms with Crippen LogP contribution in [0.1, 0.15) is 42.3 Å². The van der Waals surface area contributed by atoms with E-state index in [0.29, 0.717) is 13.1 Å². The van der Waals surface area contributed by atoms with Crippen molar-refractivity contribution in [3.8, 4) is 5.75 Å². The number of hydrogen-bond donors (Lipinski definition) is 3. The number of amides is 1. The summed E-state index contributed by atoms with van der Waals surface area (Å²) >= 11 is 0. The summed E-state index contributed by atoms with van der Waals surface area (Å²) < 4.78 is 9.81. The third kappa shape index (κ3) is 6.50.